The summed E-state index contributed by atoms with van der Waals surface area (Å²) in [5.74, 6) is 1.35. The van der Waals surface area contributed by atoms with Crippen molar-refractivity contribution in [1.29, 1.82) is 0 Å². The van der Waals surface area contributed by atoms with Crippen LogP contribution in [0.5, 0.6) is 11.5 Å². The van der Waals surface area contributed by atoms with E-state index in [4.69, 9.17) is 9.47 Å². The van der Waals surface area contributed by atoms with Crippen molar-refractivity contribution in [2.24, 2.45) is 0 Å². The van der Waals surface area contributed by atoms with Crippen LogP contribution in [0.2, 0.25) is 0 Å². The first kappa shape index (κ1) is 18.2. The van der Waals surface area contributed by atoms with E-state index in [2.05, 4.69) is 5.32 Å². The van der Waals surface area contributed by atoms with Crippen molar-refractivity contribution in [3.05, 3.63) is 53.1 Å². The van der Waals surface area contributed by atoms with E-state index in [1.54, 1.807) is 26.0 Å². The Balaban J connectivity index is 2.26. The summed E-state index contributed by atoms with van der Waals surface area (Å²) in [7, 11) is 3.23. The number of ether oxygens (including phenoxy) is 2. The lowest BCUT2D eigenvalue weighted by atomic mass is 10.0. The molecule has 4 nitrogen and oxygen atoms in total. The lowest BCUT2D eigenvalue weighted by Crippen LogP contribution is -2.27. The fraction of sp³-hybridized carbons (Fsp3) is 0.316. The number of rotatable bonds is 6. The molecule has 1 atom stereocenters. The molecule has 0 radical (unpaired) electrons. The van der Waals surface area contributed by atoms with Gasteiger partial charge in [-0.3, -0.25) is 4.79 Å². The zero-order valence-corrected chi connectivity index (χ0v) is 15.5. The van der Waals surface area contributed by atoms with Crippen molar-refractivity contribution in [3.63, 3.8) is 0 Å². The first-order valence-corrected chi connectivity index (χ1v) is 8.90. The number of methoxy groups -OCH3 is 2. The fourth-order valence-electron chi connectivity index (χ4n) is 2.50. The molecular weight excluding hydrogens is 322 g/mol. The number of hydrogen-bond acceptors (Lipinski definition) is 4. The van der Waals surface area contributed by atoms with Crippen LogP contribution in [0.1, 0.15) is 34.5 Å². The maximum Gasteiger partial charge on any atom is 0.252 e. The van der Waals surface area contributed by atoms with Gasteiger partial charge in [-0.25, -0.2) is 0 Å². The Morgan fingerprint density at radius 2 is 1.88 bits per heavy atom. The second-order valence-electron chi connectivity index (χ2n) is 5.48. The van der Waals surface area contributed by atoms with Gasteiger partial charge in [-0.1, -0.05) is 6.07 Å². The summed E-state index contributed by atoms with van der Waals surface area (Å²) in [5.41, 5.74) is 2.52. The van der Waals surface area contributed by atoms with Crippen molar-refractivity contribution >= 4 is 17.7 Å². The molecule has 2 rings (SSSR count). The predicted molar refractivity (Wildman–Crippen MR) is 98.4 cm³/mol. The first-order chi connectivity index (χ1) is 11.5. The third kappa shape index (κ3) is 4.03. The van der Waals surface area contributed by atoms with Crippen LogP contribution in [-0.2, 0) is 0 Å². The SMILES string of the molecule is COc1ccc(OC)c(C(C)NC(=O)c2cc(SC)ccc2C)c1. The molecule has 0 heterocycles. The molecule has 1 amide bonds. The van der Waals surface area contributed by atoms with Crippen LogP contribution in [0.4, 0.5) is 0 Å². The van der Waals surface area contributed by atoms with Crippen molar-refractivity contribution in [3.8, 4) is 11.5 Å². The van der Waals surface area contributed by atoms with E-state index in [9.17, 15) is 4.79 Å². The highest BCUT2D eigenvalue weighted by Crippen LogP contribution is 2.29. The third-order valence-electron chi connectivity index (χ3n) is 3.94. The fourth-order valence-corrected chi connectivity index (χ4v) is 2.94. The van der Waals surface area contributed by atoms with Crippen LogP contribution in [-0.4, -0.2) is 26.4 Å². The quantitative estimate of drug-likeness (QED) is 0.796. The molecule has 0 spiro atoms. The van der Waals surface area contributed by atoms with E-state index in [1.165, 1.54) is 0 Å². The number of benzene rings is 2. The van der Waals surface area contributed by atoms with Crippen LogP contribution in [0.15, 0.2) is 41.3 Å². The molecule has 0 saturated heterocycles. The second kappa shape index (κ2) is 8.11. The normalized spacial score (nSPS) is 11.7. The molecule has 0 aliphatic rings. The van der Waals surface area contributed by atoms with E-state index in [-0.39, 0.29) is 11.9 Å². The second-order valence-corrected chi connectivity index (χ2v) is 6.36. The molecule has 0 bridgehead atoms. The summed E-state index contributed by atoms with van der Waals surface area (Å²) in [6.45, 7) is 3.87. The highest BCUT2D eigenvalue weighted by molar-refractivity contribution is 7.98. The molecule has 0 aliphatic carbocycles. The van der Waals surface area contributed by atoms with Crippen molar-refractivity contribution in [1.82, 2.24) is 5.32 Å². The van der Waals surface area contributed by atoms with Crippen LogP contribution in [0.25, 0.3) is 0 Å². The number of nitrogens with one attached hydrogen (secondary N) is 1. The molecule has 128 valence electrons. The summed E-state index contributed by atoms with van der Waals surface area (Å²) >= 11 is 1.62. The van der Waals surface area contributed by atoms with Crippen LogP contribution < -0.4 is 14.8 Å². The molecule has 24 heavy (non-hydrogen) atoms. The van der Waals surface area contributed by atoms with E-state index < -0.39 is 0 Å². The zero-order chi connectivity index (χ0) is 17.7. The zero-order valence-electron chi connectivity index (χ0n) is 14.7. The molecule has 0 aliphatic heterocycles. The van der Waals surface area contributed by atoms with Gasteiger partial charge >= 0.3 is 0 Å². The smallest absolute Gasteiger partial charge is 0.252 e. The minimum Gasteiger partial charge on any atom is -0.497 e. The van der Waals surface area contributed by atoms with Gasteiger partial charge in [0.2, 0.25) is 0 Å². The summed E-state index contributed by atoms with van der Waals surface area (Å²) in [6.07, 6.45) is 2.00. The van der Waals surface area contributed by atoms with Gasteiger partial charge in [0.15, 0.2) is 0 Å². The van der Waals surface area contributed by atoms with Crippen molar-refractivity contribution in [2.45, 2.75) is 24.8 Å². The van der Waals surface area contributed by atoms with Gasteiger partial charge in [0.05, 0.1) is 20.3 Å². The monoisotopic (exact) mass is 345 g/mol. The maximum atomic E-state index is 12.7. The average Bonchev–Trinajstić information content (AvgIpc) is 2.61. The number of thioether (sulfide) groups is 1. The highest BCUT2D eigenvalue weighted by atomic mass is 32.2. The van der Waals surface area contributed by atoms with E-state index in [1.807, 2.05) is 56.5 Å². The Morgan fingerprint density at radius 3 is 2.50 bits per heavy atom. The number of hydrogen-bond donors (Lipinski definition) is 1. The summed E-state index contributed by atoms with van der Waals surface area (Å²) in [4.78, 5) is 13.7. The molecule has 0 fully saturated rings. The molecule has 5 heteroatoms. The molecule has 0 aromatic heterocycles. The molecule has 0 saturated carbocycles. The maximum absolute atomic E-state index is 12.7. The summed E-state index contributed by atoms with van der Waals surface area (Å²) in [6, 6.07) is 11.3. The predicted octanol–water partition coefficient (Wildman–Crippen LogP) is 4.23. The minimum absolute atomic E-state index is 0.0965. The van der Waals surface area contributed by atoms with Crippen LogP contribution in [0, 0.1) is 6.92 Å². The van der Waals surface area contributed by atoms with E-state index >= 15 is 0 Å². The van der Waals surface area contributed by atoms with Crippen LogP contribution in [0.3, 0.4) is 0 Å². The molecule has 2 aromatic carbocycles. The number of aryl methyl sites for hydroxylation is 1. The Bertz CT molecular complexity index is 731. The average molecular weight is 345 g/mol. The van der Waals surface area contributed by atoms with Gasteiger partial charge in [0, 0.05) is 16.0 Å². The van der Waals surface area contributed by atoms with E-state index in [0.717, 1.165) is 27.5 Å². The topological polar surface area (TPSA) is 47.6 Å². The minimum atomic E-state index is -0.208. The van der Waals surface area contributed by atoms with E-state index in [0.29, 0.717) is 5.56 Å². The van der Waals surface area contributed by atoms with Crippen molar-refractivity contribution in [2.75, 3.05) is 20.5 Å². The Kier molecular flexibility index (Phi) is 6.15. The first-order valence-electron chi connectivity index (χ1n) is 7.67. The molecule has 2 aromatic rings. The molecule has 1 N–H and O–H groups in total. The summed E-state index contributed by atoms with van der Waals surface area (Å²) < 4.78 is 10.7. The molecule has 1 unspecified atom stereocenters. The van der Waals surface area contributed by atoms with Crippen molar-refractivity contribution < 1.29 is 14.3 Å². The van der Waals surface area contributed by atoms with Gasteiger partial charge in [-0.2, -0.15) is 0 Å². The van der Waals surface area contributed by atoms with Gasteiger partial charge < -0.3 is 14.8 Å². The summed E-state index contributed by atoms with van der Waals surface area (Å²) in [5, 5.41) is 3.05. The Labute approximate surface area is 147 Å². The number of amides is 1. The van der Waals surface area contributed by atoms with Gasteiger partial charge in [-0.15, -0.1) is 11.8 Å². The lowest BCUT2D eigenvalue weighted by Gasteiger charge is -2.19. The lowest BCUT2D eigenvalue weighted by molar-refractivity contribution is 0.0938. The largest absolute Gasteiger partial charge is 0.497 e. The van der Waals surface area contributed by atoms with Crippen LogP contribution >= 0.6 is 11.8 Å². The highest BCUT2D eigenvalue weighted by Gasteiger charge is 2.17. The van der Waals surface area contributed by atoms with Gasteiger partial charge in [0.1, 0.15) is 11.5 Å². The van der Waals surface area contributed by atoms with Gasteiger partial charge in [-0.05, 0) is 56.0 Å². The number of carbonyl (C=O) groups is 1. The third-order valence-corrected chi connectivity index (χ3v) is 4.67. The number of carbonyl (C=O) groups excluding carboxylic acids is 1. The molecular formula is C19H23NO3S. The van der Waals surface area contributed by atoms with Gasteiger partial charge in [0.25, 0.3) is 5.91 Å². The standard InChI is InChI=1S/C19H23NO3S/c1-12-6-8-15(24-5)11-16(12)19(21)20-13(2)17-10-14(22-3)7-9-18(17)23-4/h6-11,13H,1-5H3,(H,20,21). The Morgan fingerprint density at radius 1 is 1.12 bits per heavy atom. The Hall–Kier alpha value is -2.14.